The molecule has 6 nitrogen and oxygen atoms in total. The molecule has 1 saturated heterocycles. The number of hydrogen-bond donors (Lipinski definition) is 2. The van der Waals surface area contributed by atoms with Crippen molar-refractivity contribution in [2.24, 2.45) is 0 Å². The Balaban J connectivity index is 3.06. The third-order valence-corrected chi connectivity index (χ3v) is 2.10. The summed E-state index contributed by atoms with van der Waals surface area (Å²) in [5, 5.41) is 18.6. The molecule has 0 aromatic heterocycles. The quantitative estimate of drug-likeness (QED) is 0.347. The fourth-order valence-electron chi connectivity index (χ4n) is 0.963. The van der Waals surface area contributed by atoms with Gasteiger partial charge < -0.3 is 19.7 Å². The van der Waals surface area contributed by atoms with Crippen LogP contribution in [0.15, 0.2) is 12.2 Å². The number of aliphatic hydroxyl groups is 2. The van der Waals surface area contributed by atoms with Crippen LogP contribution in [0.4, 0.5) is 0 Å². The highest BCUT2D eigenvalue weighted by Crippen LogP contribution is 2.30. The zero-order chi connectivity index (χ0) is 11.9. The van der Waals surface area contributed by atoms with Gasteiger partial charge in [-0.05, 0) is 6.92 Å². The van der Waals surface area contributed by atoms with Crippen molar-refractivity contribution in [2.45, 2.75) is 31.8 Å². The smallest absolute Gasteiger partial charge is 0.337 e. The van der Waals surface area contributed by atoms with Crippen molar-refractivity contribution < 1.29 is 29.3 Å². The molecule has 1 heterocycles. The normalized spacial score (nSPS) is 28.1. The maximum absolute atomic E-state index is 11.2. The highest BCUT2D eigenvalue weighted by atomic mass is 16.8. The Morgan fingerprint density at radius 2 is 1.93 bits per heavy atom. The number of rotatable bonds is 1. The molecular weight excluding hydrogens is 204 g/mol. The van der Waals surface area contributed by atoms with Crippen LogP contribution in [-0.2, 0) is 19.1 Å². The van der Waals surface area contributed by atoms with Gasteiger partial charge >= 0.3 is 17.7 Å². The lowest BCUT2D eigenvalue weighted by Gasteiger charge is -2.35. The minimum Gasteiger partial charge on any atom is -0.417 e. The van der Waals surface area contributed by atoms with Gasteiger partial charge in [-0.25, -0.2) is 4.79 Å². The molecule has 0 saturated carbocycles. The topological polar surface area (TPSA) is 93.1 Å². The van der Waals surface area contributed by atoms with E-state index in [1.807, 2.05) is 0 Å². The Kier molecular flexibility index (Phi) is 2.58. The molecule has 0 amide bonds. The highest BCUT2D eigenvalue weighted by Gasteiger charge is 2.51. The first-order valence-corrected chi connectivity index (χ1v) is 4.23. The van der Waals surface area contributed by atoms with Gasteiger partial charge in [0.25, 0.3) is 0 Å². The summed E-state index contributed by atoms with van der Waals surface area (Å²) >= 11 is 0. The first-order chi connectivity index (χ1) is 6.66. The number of esters is 2. The summed E-state index contributed by atoms with van der Waals surface area (Å²) in [4.78, 5) is 22.4. The zero-order valence-electron chi connectivity index (χ0n) is 8.44. The Labute approximate surface area is 86.1 Å². The molecule has 15 heavy (non-hydrogen) atoms. The summed E-state index contributed by atoms with van der Waals surface area (Å²) < 4.78 is 9.33. The van der Waals surface area contributed by atoms with E-state index in [0.717, 1.165) is 13.8 Å². The summed E-state index contributed by atoms with van der Waals surface area (Å²) in [7, 11) is 0. The Morgan fingerprint density at radius 3 is 2.40 bits per heavy atom. The standard InChI is InChI=1S/C9H12O6/c1-5-4-6(10)14-9(3,8(2,12)13)15-7(5)11/h12-13H,1,4H2,2-3H3. The van der Waals surface area contributed by atoms with E-state index in [9.17, 15) is 19.8 Å². The molecule has 0 radical (unpaired) electrons. The van der Waals surface area contributed by atoms with Crippen molar-refractivity contribution >= 4 is 11.9 Å². The van der Waals surface area contributed by atoms with Crippen LogP contribution in [0.1, 0.15) is 20.3 Å². The minimum atomic E-state index is -2.48. The van der Waals surface area contributed by atoms with Crippen molar-refractivity contribution in [3.05, 3.63) is 12.2 Å². The van der Waals surface area contributed by atoms with E-state index in [1.165, 1.54) is 0 Å². The average Bonchev–Trinajstić information content (AvgIpc) is 2.08. The van der Waals surface area contributed by atoms with Gasteiger partial charge in [-0.2, -0.15) is 0 Å². The van der Waals surface area contributed by atoms with E-state index in [0.29, 0.717) is 0 Å². The molecule has 1 fully saturated rings. The van der Waals surface area contributed by atoms with E-state index in [1.54, 1.807) is 0 Å². The average molecular weight is 216 g/mol. The number of carbonyl (C=O) groups is 2. The number of ether oxygens (including phenoxy) is 2. The van der Waals surface area contributed by atoms with E-state index < -0.39 is 23.5 Å². The molecule has 0 aromatic carbocycles. The van der Waals surface area contributed by atoms with Crippen LogP contribution in [0, 0.1) is 0 Å². The third-order valence-electron chi connectivity index (χ3n) is 2.10. The molecule has 1 rings (SSSR count). The van der Waals surface area contributed by atoms with Gasteiger partial charge in [-0.3, -0.25) is 4.79 Å². The van der Waals surface area contributed by atoms with Crippen LogP contribution in [-0.4, -0.2) is 33.7 Å². The van der Waals surface area contributed by atoms with E-state index in [2.05, 4.69) is 16.1 Å². The number of hydrogen-bond acceptors (Lipinski definition) is 6. The summed E-state index contributed by atoms with van der Waals surface area (Å²) in [6.45, 7) is 5.35. The van der Waals surface area contributed by atoms with Crippen LogP contribution in [0.3, 0.4) is 0 Å². The molecular formula is C9H12O6. The first-order valence-electron chi connectivity index (χ1n) is 4.23. The van der Waals surface area contributed by atoms with Gasteiger partial charge in [0.05, 0.1) is 6.42 Å². The van der Waals surface area contributed by atoms with Gasteiger partial charge in [-0.1, -0.05) is 6.58 Å². The SMILES string of the molecule is C=C1CC(=O)OC(C)(C(C)(O)O)OC1=O. The maximum Gasteiger partial charge on any atom is 0.337 e. The minimum absolute atomic E-state index is 0.0898. The first kappa shape index (κ1) is 11.7. The molecule has 0 bridgehead atoms. The molecule has 1 atom stereocenters. The highest BCUT2D eigenvalue weighted by molar-refractivity contribution is 5.94. The van der Waals surface area contributed by atoms with Gasteiger partial charge in [-0.15, -0.1) is 0 Å². The van der Waals surface area contributed by atoms with E-state index in [-0.39, 0.29) is 12.0 Å². The molecule has 2 N–H and O–H groups in total. The van der Waals surface area contributed by atoms with Crippen molar-refractivity contribution in [1.82, 2.24) is 0 Å². The fourth-order valence-corrected chi connectivity index (χ4v) is 0.963. The number of carbonyl (C=O) groups excluding carboxylic acids is 2. The molecule has 6 heteroatoms. The molecule has 84 valence electrons. The lowest BCUT2D eigenvalue weighted by atomic mass is 10.1. The van der Waals surface area contributed by atoms with Crippen LogP contribution in [0.5, 0.6) is 0 Å². The largest absolute Gasteiger partial charge is 0.417 e. The molecule has 0 aromatic rings. The Hall–Kier alpha value is -1.40. The fraction of sp³-hybridized carbons (Fsp3) is 0.556. The predicted octanol–water partition coefficient (Wildman–Crippen LogP) is -0.550. The summed E-state index contributed by atoms with van der Waals surface area (Å²) in [6.07, 6.45) is -0.329. The Bertz CT molecular complexity index is 326. The monoisotopic (exact) mass is 216 g/mol. The van der Waals surface area contributed by atoms with Crippen molar-refractivity contribution in [3.8, 4) is 0 Å². The molecule has 0 aliphatic carbocycles. The summed E-state index contributed by atoms with van der Waals surface area (Å²) in [6, 6.07) is 0. The van der Waals surface area contributed by atoms with Gasteiger partial charge in [0.2, 0.25) is 5.79 Å². The second-order valence-electron chi connectivity index (χ2n) is 3.61. The lowest BCUT2D eigenvalue weighted by Crippen LogP contribution is -2.54. The van der Waals surface area contributed by atoms with Crippen molar-refractivity contribution in [3.63, 3.8) is 0 Å². The van der Waals surface area contributed by atoms with Crippen LogP contribution >= 0.6 is 0 Å². The molecule has 1 aliphatic heterocycles. The summed E-state index contributed by atoms with van der Waals surface area (Å²) in [5.74, 6) is -6.30. The van der Waals surface area contributed by atoms with Crippen LogP contribution in [0.2, 0.25) is 0 Å². The van der Waals surface area contributed by atoms with Crippen molar-refractivity contribution in [2.75, 3.05) is 0 Å². The van der Waals surface area contributed by atoms with Gasteiger partial charge in [0.15, 0.2) is 0 Å². The summed E-state index contributed by atoms with van der Waals surface area (Å²) in [5.41, 5.74) is -0.0898. The second-order valence-corrected chi connectivity index (χ2v) is 3.61. The van der Waals surface area contributed by atoms with Gasteiger partial charge in [0.1, 0.15) is 0 Å². The van der Waals surface area contributed by atoms with E-state index >= 15 is 0 Å². The van der Waals surface area contributed by atoms with Gasteiger partial charge in [0, 0.05) is 12.5 Å². The molecule has 0 spiro atoms. The predicted molar refractivity (Wildman–Crippen MR) is 47.2 cm³/mol. The van der Waals surface area contributed by atoms with E-state index in [4.69, 9.17) is 0 Å². The van der Waals surface area contributed by atoms with Crippen LogP contribution in [0.25, 0.3) is 0 Å². The Morgan fingerprint density at radius 1 is 1.40 bits per heavy atom. The third kappa shape index (κ3) is 2.16. The number of cyclic esters (lactones) is 2. The van der Waals surface area contributed by atoms with Crippen molar-refractivity contribution in [1.29, 1.82) is 0 Å². The molecule has 1 aliphatic rings. The second kappa shape index (κ2) is 3.32. The molecule has 1 unspecified atom stereocenters. The zero-order valence-corrected chi connectivity index (χ0v) is 8.44. The lowest BCUT2D eigenvalue weighted by molar-refractivity contribution is -0.342. The van der Waals surface area contributed by atoms with Crippen LogP contribution < -0.4 is 0 Å². The maximum atomic E-state index is 11.2.